The first-order valence-electron chi connectivity index (χ1n) is 7.65. The summed E-state index contributed by atoms with van der Waals surface area (Å²) in [5.41, 5.74) is 5.24. The van der Waals surface area contributed by atoms with Crippen molar-refractivity contribution in [1.29, 1.82) is 0 Å². The number of nitrogens with two attached hydrogens (primary N) is 1. The molecule has 0 aromatic carbocycles. The molecular weight excluding hydrogens is 236 g/mol. The van der Waals surface area contributed by atoms with Crippen LogP contribution in [0.25, 0.3) is 0 Å². The number of hydrogen-bond acceptors (Lipinski definition) is 3. The molecule has 0 aliphatic carbocycles. The Morgan fingerprint density at radius 2 is 1.84 bits per heavy atom. The van der Waals surface area contributed by atoms with Crippen molar-refractivity contribution < 1.29 is 0 Å². The van der Waals surface area contributed by atoms with Crippen molar-refractivity contribution in [2.75, 3.05) is 0 Å². The Morgan fingerprint density at radius 3 is 2.37 bits per heavy atom. The topological polar surface area (TPSA) is 55.9 Å². The summed E-state index contributed by atoms with van der Waals surface area (Å²) in [4.78, 5) is 0. The van der Waals surface area contributed by atoms with Crippen LogP contribution in [-0.4, -0.2) is 9.78 Å². The van der Waals surface area contributed by atoms with Crippen molar-refractivity contribution >= 4 is 0 Å². The number of nitrogens with one attached hydrogen (secondary N) is 1. The number of rotatable bonds is 10. The zero-order chi connectivity index (χ0) is 14.1. The molecule has 4 heteroatoms. The number of aromatic nitrogens is 2. The van der Waals surface area contributed by atoms with Gasteiger partial charge in [-0.05, 0) is 13.3 Å². The van der Waals surface area contributed by atoms with Gasteiger partial charge in [-0.15, -0.1) is 0 Å². The molecule has 0 bridgehead atoms. The number of aryl methyl sites for hydroxylation is 2. The fourth-order valence-electron chi connectivity index (χ4n) is 2.59. The van der Waals surface area contributed by atoms with Crippen molar-refractivity contribution in [2.45, 2.75) is 71.3 Å². The minimum Gasteiger partial charge on any atom is -0.275 e. The van der Waals surface area contributed by atoms with E-state index in [1.807, 2.05) is 18.7 Å². The lowest BCUT2D eigenvalue weighted by molar-refractivity contribution is 0.474. The molecule has 0 amide bonds. The highest BCUT2D eigenvalue weighted by atomic mass is 15.3. The minimum absolute atomic E-state index is 0.240. The number of hydrazine groups is 1. The lowest BCUT2D eigenvalue weighted by Crippen LogP contribution is -2.28. The minimum atomic E-state index is 0.240. The van der Waals surface area contributed by atoms with Gasteiger partial charge in [0.15, 0.2) is 0 Å². The van der Waals surface area contributed by atoms with E-state index in [1.165, 1.54) is 50.5 Å². The molecular formula is C15H30N4. The molecule has 19 heavy (non-hydrogen) atoms. The van der Waals surface area contributed by atoms with Gasteiger partial charge in [0.25, 0.3) is 0 Å². The second-order valence-electron chi connectivity index (χ2n) is 5.47. The van der Waals surface area contributed by atoms with E-state index in [4.69, 9.17) is 5.84 Å². The number of nitrogens with zero attached hydrogens (tertiary/aromatic N) is 2. The predicted octanol–water partition coefficient (Wildman–Crippen LogP) is 3.37. The Hall–Kier alpha value is -0.870. The lowest BCUT2D eigenvalue weighted by Gasteiger charge is -2.15. The third kappa shape index (κ3) is 5.74. The monoisotopic (exact) mass is 266 g/mol. The Kier molecular flexibility index (Phi) is 7.75. The van der Waals surface area contributed by atoms with Crippen LogP contribution >= 0.6 is 0 Å². The zero-order valence-electron chi connectivity index (χ0n) is 12.8. The van der Waals surface area contributed by atoms with Gasteiger partial charge < -0.3 is 0 Å². The van der Waals surface area contributed by atoms with Gasteiger partial charge in [0.2, 0.25) is 0 Å². The molecule has 1 aromatic rings. The summed E-state index contributed by atoms with van der Waals surface area (Å²) in [5.74, 6) is 5.68. The van der Waals surface area contributed by atoms with Crippen LogP contribution in [0.1, 0.15) is 75.6 Å². The van der Waals surface area contributed by atoms with Crippen molar-refractivity contribution in [2.24, 2.45) is 12.9 Å². The highest BCUT2D eigenvalue weighted by molar-refractivity contribution is 5.19. The third-order valence-electron chi connectivity index (χ3n) is 3.72. The lowest BCUT2D eigenvalue weighted by atomic mass is 10.0. The van der Waals surface area contributed by atoms with E-state index in [2.05, 4.69) is 23.6 Å². The average molecular weight is 266 g/mol. The Morgan fingerprint density at radius 1 is 1.21 bits per heavy atom. The van der Waals surface area contributed by atoms with Crippen LogP contribution in [0.3, 0.4) is 0 Å². The van der Waals surface area contributed by atoms with Crippen LogP contribution < -0.4 is 11.3 Å². The van der Waals surface area contributed by atoms with E-state index in [1.54, 1.807) is 0 Å². The summed E-state index contributed by atoms with van der Waals surface area (Å²) in [7, 11) is 1.96. The molecule has 1 unspecified atom stereocenters. The molecule has 1 heterocycles. The van der Waals surface area contributed by atoms with Gasteiger partial charge in [-0.3, -0.25) is 16.0 Å². The third-order valence-corrected chi connectivity index (χ3v) is 3.72. The van der Waals surface area contributed by atoms with Crippen LogP contribution in [0.2, 0.25) is 0 Å². The maximum atomic E-state index is 5.68. The fraction of sp³-hybridized carbons (Fsp3) is 0.800. The second-order valence-corrected chi connectivity index (χ2v) is 5.47. The number of unbranched alkanes of at least 4 members (excludes halogenated alkanes) is 6. The van der Waals surface area contributed by atoms with E-state index >= 15 is 0 Å². The van der Waals surface area contributed by atoms with E-state index in [-0.39, 0.29) is 6.04 Å². The molecule has 1 rings (SSSR count). The summed E-state index contributed by atoms with van der Waals surface area (Å²) in [6, 6.07) is 0.240. The summed E-state index contributed by atoms with van der Waals surface area (Å²) >= 11 is 0. The maximum Gasteiger partial charge on any atom is 0.0641 e. The second kappa shape index (κ2) is 9.10. The highest BCUT2D eigenvalue weighted by Gasteiger charge is 2.14. The summed E-state index contributed by atoms with van der Waals surface area (Å²) in [5, 5.41) is 4.38. The van der Waals surface area contributed by atoms with Gasteiger partial charge in [0.05, 0.1) is 5.69 Å². The normalized spacial score (nSPS) is 12.8. The quantitative estimate of drug-likeness (QED) is 0.388. The van der Waals surface area contributed by atoms with Crippen LogP contribution in [0.5, 0.6) is 0 Å². The van der Waals surface area contributed by atoms with Gasteiger partial charge in [0.1, 0.15) is 0 Å². The largest absolute Gasteiger partial charge is 0.275 e. The van der Waals surface area contributed by atoms with E-state index in [0.717, 1.165) is 12.1 Å². The standard InChI is InChI=1S/C15H30N4/c1-4-5-6-7-8-9-10-11-15(17-16)14-12-19(3)18-13(14)2/h12,15,17H,4-11,16H2,1-3H3. The fourth-order valence-corrected chi connectivity index (χ4v) is 2.59. The first kappa shape index (κ1) is 16.2. The highest BCUT2D eigenvalue weighted by Crippen LogP contribution is 2.22. The molecule has 1 atom stereocenters. The van der Waals surface area contributed by atoms with Gasteiger partial charge in [-0.1, -0.05) is 51.9 Å². The first-order chi connectivity index (χ1) is 9.19. The summed E-state index contributed by atoms with van der Waals surface area (Å²) in [6.45, 7) is 4.30. The van der Waals surface area contributed by atoms with Gasteiger partial charge in [-0.2, -0.15) is 5.10 Å². The molecule has 0 radical (unpaired) electrons. The van der Waals surface area contributed by atoms with Gasteiger partial charge in [-0.25, -0.2) is 0 Å². The van der Waals surface area contributed by atoms with Gasteiger partial charge >= 0.3 is 0 Å². The smallest absolute Gasteiger partial charge is 0.0641 e. The van der Waals surface area contributed by atoms with E-state index < -0.39 is 0 Å². The molecule has 0 aliphatic heterocycles. The average Bonchev–Trinajstić information content (AvgIpc) is 2.72. The maximum absolute atomic E-state index is 5.68. The molecule has 0 saturated heterocycles. The molecule has 0 saturated carbocycles. The molecule has 110 valence electrons. The SMILES string of the molecule is CCCCCCCCCC(NN)c1cn(C)nc1C. The molecule has 1 aromatic heterocycles. The summed E-state index contributed by atoms with van der Waals surface area (Å²) < 4.78 is 1.86. The van der Waals surface area contributed by atoms with E-state index in [9.17, 15) is 0 Å². The van der Waals surface area contributed by atoms with Crippen LogP contribution in [0, 0.1) is 6.92 Å². The van der Waals surface area contributed by atoms with Crippen molar-refractivity contribution in [3.05, 3.63) is 17.5 Å². The first-order valence-corrected chi connectivity index (χ1v) is 7.65. The van der Waals surface area contributed by atoms with Crippen molar-refractivity contribution in [3.8, 4) is 0 Å². The zero-order valence-corrected chi connectivity index (χ0v) is 12.8. The Bertz CT molecular complexity index is 346. The Labute approximate surface area is 117 Å². The van der Waals surface area contributed by atoms with Crippen molar-refractivity contribution in [3.63, 3.8) is 0 Å². The van der Waals surface area contributed by atoms with Crippen LogP contribution in [-0.2, 0) is 7.05 Å². The molecule has 0 fully saturated rings. The van der Waals surface area contributed by atoms with Crippen LogP contribution in [0.15, 0.2) is 6.20 Å². The van der Waals surface area contributed by atoms with Crippen LogP contribution in [0.4, 0.5) is 0 Å². The molecule has 0 aliphatic rings. The molecule has 0 spiro atoms. The predicted molar refractivity (Wildman–Crippen MR) is 80.6 cm³/mol. The van der Waals surface area contributed by atoms with Crippen molar-refractivity contribution in [1.82, 2.24) is 15.2 Å². The summed E-state index contributed by atoms with van der Waals surface area (Å²) in [6.07, 6.45) is 12.5. The van der Waals surface area contributed by atoms with Gasteiger partial charge in [0, 0.05) is 24.8 Å². The number of hydrogen-bond donors (Lipinski definition) is 2. The molecule has 4 nitrogen and oxygen atoms in total. The Balaban J connectivity index is 2.24. The molecule has 3 N–H and O–H groups in total. The van der Waals surface area contributed by atoms with E-state index in [0.29, 0.717) is 0 Å².